The second kappa shape index (κ2) is 10.1. The number of ether oxygens (including phenoxy) is 1. The van der Waals surface area contributed by atoms with Crippen LogP contribution in [0.5, 0.6) is 5.75 Å². The van der Waals surface area contributed by atoms with Crippen LogP contribution in [0.3, 0.4) is 0 Å². The highest BCUT2D eigenvalue weighted by atomic mass is 32.2. The van der Waals surface area contributed by atoms with Crippen molar-refractivity contribution in [3.8, 4) is 11.4 Å². The number of nitrogens with one attached hydrogen (secondary N) is 1. The van der Waals surface area contributed by atoms with Crippen LogP contribution in [0.2, 0.25) is 0 Å². The van der Waals surface area contributed by atoms with Gasteiger partial charge in [-0.3, -0.25) is 9.36 Å². The molecule has 1 amide bonds. The molecule has 4 aromatic rings. The van der Waals surface area contributed by atoms with E-state index in [0.29, 0.717) is 16.7 Å². The molecule has 4 rings (SSSR count). The predicted molar refractivity (Wildman–Crippen MR) is 123 cm³/mol. The van der Waals surface area contributed by atoms with E-state index in [0.717, 1.165) is 11.4 Å². The number of carbonyl (C=O) groups excluding carboxylic acids is 1. The average Bonchev–Trinajstić information content (AvgIpc) is 3.25. The summed E-state index contributed by atoms with van der Waals surface area (Å²) in [6, 6.07) is 24.7. The van der Waals surface area contributed by atoms with Crippen LogP contribution in [0, 0.1) is 5.82 Å². The molecule has 32 heavy (non-hydrogen) atoms. The van der Waals surface area contributed by atoms with Crippen molar-refractivity contribution in [1.29, 1.82) is 0 Å². The third-order valence-corrected chi connectivity index (χ3v) is 5.48. The number of aromatic nitrogens is 3. The molecule has 6 nitrogen and oxygen atoms in total. The van der Waals surface area contributed by atoms with Crippen molar-refractivity contribution < 1.29 is 13.9 Å². The fourth-order valence-corrected chi connectivity index (χ4v) is 3.84. The Bertz CT molecular complexity index is 1170. The van der Waals surface area contributed by atoms with Crippen LogP contribution in [-0.2, 0) is 4.79 Å². The first-order valence-corrected chi connectivity index (χ1v) is 11.0. The van der Waals surface area contributed by atoms with Crippen LogP contribution in [0.25, 0.3) is 5.69 Å². The van der Waals surface area contributed by atoms with Gasteiger partial charge >= 0.3 is 0 Å². The van der Waals surface area contributed by atoms with Gasteiger partial charge in [0.25, 0.3) is 0 Å². The Morgan fingerprint density at radius 3 is 2.34 bits per heavy atom. The standard InChI is InChI=1S/C24H21FN4O2S/c1-17(31-21-14-12-18(25)13-15-21)23-27-28-24(29(23)20-10-6-3-7-11-20)32-16-22(30)26-19-8-4-2-5-9-19/h2-15,17H,16H2,1H3,(H,26,30). The summed E-state index contributed by atoms with van der Waals surface area (Å²) in [6.45, 7) is 1.85. The van der Waals surface area contributed by atoms with E-state index in [-0.39, 0.29) is 17.5 Å². The van der Waals surface area contributed by atoms with Gasteiger partial charge in [0.15, 0.2) is 17.1 Å². The summed E-state index contributed by atoms with van der Waals surface area (Å²) in [5.74, 6) is 0.808. The molecular formula is C24H21FN4O2S. The second-order valence-corrected chi connectivity index (χ2v) is 7.87. The topological polar surface area (TPSA) is 69.0 Å². The molecule has 162 valence electrons. The summed E-state index contributed by atoms with van der Waals surface area (Å²) in [5, 5.41) is 12.1. The number of amides is 1. The Hall–Kier alpha value is -3.65. The van der Waals surface area contributed by atoms with Gasteiger partial charge in [-0.15, -0.1) is 10.2 Å². The molecule has 0 spiro atoms. The van der Waals surface area contributed by atoms with Gasteiger partial charge < -0.3 is 10.1 Å². The highest BCUT2D eigenvalue weighted by molar-refractivity contribution is 7.99. The Kier molecular flexibility index (Phi) is 6.81. The molecule has 0 fully saturated rings. The van der Waals surface area contributed by atoms with Crippen molar-refractivity contribution in [2.75, 3.05) is 11.1 Å². The van der Waals surface area contributed by atoms with Crippen molar-refractivity contribution in [3.05, 3.63) is 96.6 Å². The van der Waals surface area contributed by atoms with Crippen LogP contribution in [-0.4, -0.2) is 26.4 Å². The van der Waals surface area contributed by atoms with Gasteiger partial charge in [0.1, 0.15) is 11.6 Å². The fourth-order valence-electron chi connectivity index (χ4n) is 3.08. The van der Waals surface area contributed by atoms with Gasteiger partial charge in [-0.1, -0.05) is 48.2 Å². The Morgan fingerprint density at radius 1 is 1.00 bits per heavy atom. The maximum Gasteiger partial charge on any atom is 0.234 e. The lowest BCUT2D eigenvalue weighted by Crippen LogP contribution is -2.15. The minimum Gasteiger partial charge on any atom is -0.483 e. The van der Waals surface area contributed by atoms with E-state index in [4.69, 9.17) is 4.74 Å². The summed E-state index contributed by atoms with van der Waals surface area (Å²) in [7, 11) is 0. The number of benzene rings is 3. The summed E-state index contributed by atoms with van der Waals surface area (Å²) in [6.07, 6.45) is -0.458. The number of hydrogen-bond donors (Lipinski definition) is 1. The molecule has 1 N–H and O–H groups in total. The Labute approximate surface area is 189 Å². The SMILES string of the molecule is CC(Oc1ccc(F)cc1)c1nnc(SCC(=O)Nc2ccccc2)n1-c1ccccc1. The molecule has 0 saturated heterocycles. The number of halogens is 1. The number of anilines is 1. The largest absolute Gasteiger partial charge is 0.483 e. The summed E-state index contributed by atoms with van der Waals surface area (Å²) >= 11 is 1.29. The molecule has 8 heteroatoms. The molecular weight excluding hydrogens is 427 g/mol. The van der Waals surface area contributed by atoms with E-state index in [1.165, 1.54) is 23.9 Å². The van der Waals surface area contributed by atoms with Crippen LogP contribution in [0.1, 0.15) is 18.9 Å². The first-order valence-electron chi connectivity index (χ1n) is 10.0. The third kappa shape index (κ3) is 5.33. The number of thioether (sulfide) groups is 1. The van der Waals surface area contributed by atoms with E-state index >= 15 is 0 Å². The van der Waals surface area contributed by atoms with E-state index in [1.807, 2.05) is 72.2 Å². The molecule has 0 aliphatic carbocycles. The van der Waals surface area contributed by atoms with Crippen molar-refractivity contribution >= 4 is 23.4 Å². The van der Waals surface area contributed by atoms with Crippen LogP contribution in [0.4, 0.5) is 10.1 Å². The fraction of sp³-hybridized carbons (Fsp3) is 0.125. The Morgan fingerprint density at radius 2 is 1.66 bits per heavy atom. The smallest absolute Gasteiger partial charge is 0.234 e. The van der Waals surface area contributed by atoms with Gasteiger partial charge in [0.05, 0.1) is 5.75 Å². The molecule has 0 aliphatic heterocycles. The van der Waals surface area contributed by atoms with Gasteiger partial charge in [0.2, 0.25) is 5.91 Å². The zero-order valence-corrected chi connectivity index (χ0v) is 18.1. The highest BCUT2D eigenvalue weighted by Gasteiger charge is 2.21. The molecule has 0 bridgehead atoms. The maximum atomic E-state index is 13.2. The summed E-state index contributed by atoms with van der Waals surface area (Å²) < 4.78 is 21.0. The van der Waals surface area contributed by atoms with Gasteiger partial charge in [-0.25, -0.2) is 4.39 Å². The lowest BCUT2D eigenvalue weighted by molar-refractivity contribution is -0.113. The number of carbonyl (C=O) groups is 1. The quantitative estimate of drug-likeness (QED) is 0.372. The molecule has 1 atom stereocenters. The number of hydrogen-bond acceptors (Lipinski definition) is 5. The minimum absolute atomic E-state index is 0.138. The molecule has 3 aromatic carbocycles. The zero-order chi connectivity index (χ0) is 22.3. The summed E-state index contributed by atoms with van der Waals surface area (Å²) in [5.41, 5.74) is 1.60. The van der Waals surface area contributed by atoms with Gasteiger partial charge in [-0.2, -0.15) is 0 Å². The van der Waals surface area contributed by atoms with E-state index in [1.54, 1.807) is 12.1 Å². The van der Waals surface area contributed by atoms with Crippen LogP contribution >= 0.6 is 11.8 Å². The van der Waals surface area contributed by atoms with Gasteiger partial charge in [-0.05, 0) is 55.5 Å². The van der Waals surface area contributed by atoms with Crippen molar-refractivity contribution in [1.82, 2.24) is 14.8 Å². The number of nitrogens with zero attached hydrogens (tertiary/aromatic N) is 3. The zero-order valence-electron chi connectivity index (χ0n) is 17.3. The highest BCUT2D eigenvalue weighted by Crippen LogP contribution is 2.28. The molecule has 1 unspecified atom stereocenters. The number of rotatable bonds is 8. The van der Waals surface area contributed by atoms with Crippen molar-refractivity contribution in [3.63, 3.8) is 0 Å². The lowest BCUT2D eigenvalue weighted by Gasteiger charge is -2.16. The molecule has 1 aromatic heterocycles. The normalized spacial score (nSPS) is 11.7. The first-order chi connectivity index (χ1) is 15.6. The van der Waals surface area contributed by atoms with Gasteiger partial charge in [0, 0.05) is 11.4 Å². The monoisotopic (exact) mass is 448 g/mol. The first kappa shape index (κ1) is 21.6. The minimum atomic E-state index is -0.458. The van der Waals surface area contributed by atoms with Crippen molar-refractivity contribution in [2.24, 2.45) is 0 Å². The van der Waals surface area contributed by atoms with E-state index in [2.05, 4.69) is 15.5 Å². The molecule has 0 aliphatic rings. The third-order valence-electron chi connectivity index (χ3n) is 4.55. The van der Waals surface area contributed by atoms with Crippen LogP contribution in [0.15, 0.2) is 90.1 Å². The van der Waals surface area contributed by atoms with Crippen LogP contribution < -0.4 is 10.1 Å². The Balaban J connectivity index is 1.54. The number of para-hydroxylation sites is 2. The van der Waals surface area contributed by atoms with E-state index in [9.17, 15) is 9.18 Å². The second-order valence-electron chi connectivity index (χ2n) is 6.93. The molecule has 1 heterocycles. The summed E-state index contributed by atoms with van der Waals surface area (Å²) in [4.78, 5) is 12.4. The molecule has 0 saturated carbocycles. The van der Waals surface area contributed by atoms with E-state index < -0.39 is 6.10 Å². The predicted octanol–water partition coefficient (Wildman–Crippen LogP) is 5.28. The average molecular weight is 449 g/mol. The lowest BCUT2D eigenvalue weighted by atomic mass is 10.3. The maximum absolute atomic E-state index is 13.2. The van der Waals surface area contributed by atoms with Crippen molar-refractivity contribution in [2.45, 2.75) is 18.2 Å². The molecule has 0 radical (unpaired) electrons.